The number of aromatic nitrogens is 2. The van der Waals surface area contributed by atoms with Gasteiger partial charge in [-0.25, -0.2) is 0 Å². The number of rotatable bonds is 2. The Kier molecular flexibility index (Phi) is 2.98. The average Bonchev–Trinajstić information content (AvgIpc) is 2.90. The maximum atomic E-state index is 9.24. The zero-order valence-corrected chi connectivity index (χ0v) is 9.97. The number of hydrogen-bond acceptors (Lipinski definition) is 5. The molecule has 5 heteroatoms. The van der Waals surface area contributed by atoms with Gasteiger partial charge in [-0.1, -0.05) is 11.6 Å². The molecule has 1 aliphatic heterocycles. The Morgan fingerprint density at radius 1 is 1.22 bits per heavy atom. The highest BCUT2D eigenvalue weighted by molar-refractivity contribution is 5.55. The molecule has 1 aromatic carbocycles. The van der Waals surface area contributed by atoms with E-state index in [0.29, 0.717) is 11.7 Å². The molecule has 2 heterocycles. The second-order valence-electron chi connectivity index (χ2n) is 4.51. The first-order chi connectivity index (χ1) is 8.83. The van der Waals surface area contributed by atoms with E-state index >= 15 is 0 Å². The number of hydrogen-bond donors (Lipinski definition) is 2. The van der Waals surface area contributed by atoms with Crippen molar-refractivity contribution in [2.24, 2.45) is 0 Å². The van der Waals surface area contributed by atoms with Crippen LogP contribution in [0.2, 0.25) is 0 Å². The molecule has 0 saturated carbocycles. The number of nitrogens with zero attached hydrogens (tertiary/aromatic N) is 2. The van der Waals surface area contributed by atoms with E-state index < -0.39 is 0 Å². The van der Waals surface area contributed by atoms with E-state index in [1.165, 1.54) is 12.8 Å². The topological polar surface area (TPSA) is 71.2 Å². The molecular weight excluding hydrogens is 230 g/mol. The van der Waals surface area contributed by atoms with Crippen LogP contribution in [0, 0.1) is 0 Å². The summed E-state index contributed by atoms with van der Waals surface area (Å²) in [5.74, 6) is 1.45. The minimum atomic E-state index is 0.178. The summed E-state index contributed by atoms with van der Waals surface area (Å²) in [6, 6.07) is 6.96. The van der Waals surface area contributed by atoms with E-state index in [0.717, 1.165) is 18.5 Å². The molecule has 0 aliphatic carbocycles. The van der Waals surface area contributed by atoms with Gasteiger partial charge >= 0.3 is 0 Å². The van der Waals surface area contributed by atoms with Crippen LogP contribution in [0.15, 0.2) is 28.8 Å². The molecule has 1 atom stereocenters. The van der Waals surface area contributed by atoms with Gasteiger partial charge in [0.25, 0.3) is 0 Å². The van der Waals surface area contributed by atoms with Gasteiger partial charge in [-0.3, -0.25) is 0 Å². The van der Waals surface area contributed by atoms with Crippen LogP contribution in [0.4, 0.5) is 0 Å². The monoisotopic (exact) mass is 245 g/mol. The summed E-state index contributed by atoms with van der Waals surface area (Å²) in [4.78, 5) is 4.41. The smallest absolute Gasteiger partial charge is 0.244 e. The Labute approximate surface area is 105 Å². The number of phenolic OH excluding ortho intramolecular Hbond substituents is 1. The first-order valence-electron chi connectivity index (χ1n) is 6.19. The SMILES string of the molecule is Oc1ccc(-c2noc(C3CCCCN3)n2)cc1. The quantitative estimate of drug-likeness (QED) is 0.849. The van der Waals surface area contributed by atoms with Crippen molar-refractivity contribution in [1.82, 2.24) is 15.5 Å². The first kappa shape index (κ1) is 11.2. The first-order valence-corrected chi connectivity index (χ1v) is 6.19. The summed E-state index contributed by atoms with van der Waals surface area (Å²) in [6.07, 6.45) is 3.43. The summed E-state index contributed by atoms with van der Waals surface area (Å²) in [5, 5.41) is 16.6. The number of nitrogens with one attached hydrogen (secondary N) is 1. The highest BCUT2D eigenvalue weighted by Crippen LogP contribution is 2.24. The number of aromatic hydroxyl groups is 1. The fourth-order valence-corrected chi connectivity index (χ4v) is 2.17. The van der Waals surface area contributed by atoms with Crippen LogP contribution in [0.3, 0.4) is 0 Å². The van der Waals surface area contributed by atoms with Gasteiger partial charge in [-0.05, 0) is 43.7 Å². The van der Waals surface area contributed by atoms with Crippen molar-refractivity contribution >= 4 is 0 Å². The molecular formula is C13H15N3O2. The standard InChI is InChI=1S/C13H15N3O2/c17-10-6-4-9(5-7-10)12-15-13(18-16-12)11-3-1-2-8-14-11/h4-7,11,14,17H,1-3,8H2. The van der Waals surface area contributed by atoms with Crippen LogP contribution in [0.5, 0.6) is 5.75 Å². The lowest BCUT2D eigenvalue weighted by atomic mass is 10.1. The maximum Gasteiger partial charge on any atom is 0.244 e. The Morgan fingerprint density at radius 3 is 2.78 bits per heavy atom. The highest BCUT2D eigenvalue weighted by Gasteiger charge is 2.21. The molecule has 2 N–H and O–H groups in total. The summed E-state index contributed by atoms with van der Waals surface area (Å²) in [6.45, 7) is 1.00. The van der Waals surface area contributed by atoms with Gasteiger partial charge in [-0.2, -0.15) is 4.98 Å². The lowest BCUT2D eigenvalue weighted by molar-refractivity contribution is 0.297. The molecule has 0 spiro atoms. The second kappa shape index (κ2) is 4.78. The number of benzene rings is 1. The summed E-state index contributed by atoms with van der Waals surface area (Å²) < 4.78 is 5.30. The van der Waals surface area contributed by atoms with Crippen LogP contribution in [-0.4, -0.2) is 21.8 Å². The van der Waals surface area contributed by atoms with Gasteiger partial charge in [-0.15, -0.1) is 0 Å². The third-order valence-corrected chi connectivity index (χ3v) is 3.18. The zero-order chi connectivity index (χ0) is 12.4. The van der Waals surface area contributed by atoms with Gasteiger partial charge in [0.15, 0.2) is 0 Å². The van der Waals surface area contributed by atoms with E-state index in [4.69, 9.17) is 4.52 Å². The van der Waals surface area contributed by atoms with Crippen LogP contribution in [-0.2, 0) is 0 Å². The lowest BCUT2D eigenvalue weighted by Gasteiger charge is -2.19. The Morgan fingerprint density at radius 2 is 2.06 bits per heavy atom. The van der Waals surface area contributed by atoms with Gasteiger partial charge < -0.3 is 14.9 Å². The molecule has 5 nitrogen and oxygen atoms in total. The van der Waals surface area contributed by atoms with Crippen molar-refractivity contribution in [2.75, 3.05) is 6.54 Å². The van der Waals surface area contributed by atoms with Crippen molar-refractivity contribution in [1.29, 1.82) is 0 Å². The van der Waals surface area contributed by atoms with E-state index in [-0.39, 0.29) is 11.8 Å². The van der Waals surface area contributed by atoms with Crippen LogP contribution >= 0.6 is 0 Å². The normalized spacial score (nSPS) is 19.9. The Balaban J connectivity index is 1.82. The van der Waals surface area contributed by atoms with Gasteiger partial charge in [0.05, 0.1) is 6.04 Å². The number of piperidine rings is 1. The second-order valence-corrected chi connectivity index (χ2v) is 4.51. The highest BCUT2D eigenvalue weighted by atomic mass is 16.5. The van der Waals surface area contributed by atoms with E-state index in [9.17, 15) is 5.11 Å². The van der Waals surface area contributed by atoms with Gasteiger partial charge in [0.2, 0.25) is 11.7 Å². The fourth-order valence-electron chi connectivity index (χ4n) is 2.17. The minimum absolute atomic E-state index is 0.178. The molecule has 1 aromatic heterocycles. The van der Waals surface area contributed by atoms with Crippen molar-refractivity contribution in [3.8, 4) is 17.1 Å². The zero-order valence-electron chi connectivity index (χ0n) is 9.97. The predicted octanol–water partition coefficient (Wildman–Crippen LogP) is 2.26. The largest absolute Gasteiger partial charge is 0.508 e. The van der Waals surface area contributed by atoms with Crippen molar-refractivity contribution < 1.29 is 9.63 Å². The molecule has 3 rings (SSSR count). The molecule has 0 amide bonds. The molecule has 0 bridgehead atoms. The Bertz CT molecular complexity index is 515. The van der Waals surface area contributed by atoms with Crippen molar-refractivity contribution in [3.63, 3.8) is 0 Å². The predicted molar refractivity (Wildman–Crippen MR) is 66.0 cm³/mol. The van der Waals surface area contributed by atoms with Gasteiger partial charge in [0.1, 0.15) is 5.75 Å². The molecule has 1 aliphatic rings. The van der Waals surface area contributed by atoms with E-state index in [1.807, 2.05) is 0 Å². The molecule has 0 radical (unpaired) electrons. The third-order valence-electron chi connectivity index (χ3n) is 3.18. The summed E-state index contributed by atoms with van der Waals surface area (Å²) >= 11 is 0. The minimum Gasteiger partial charge on any atom is -0.508 e. The lowest BCUT2D eigenvalue weighted by Crippen LogP contribution is -2.26. The van der Waals surface area contributed by atoms with Crippen LogP contribution in [0.25, 0.3) is 11.4 Å². The van der Waals surface area contributed by atoms with Gasteiger partial charge in [0, 0.05) is 5.56 Å². The molecule has 1 saturated heterocycles. The van der Waals surface area contributed by atoms with E-state index in [1.54, 1.807) is 24.3 Å². The van der Waals surface area contributed by atoms with E-state index in [2.05, 4.69) is 15.5 Å². The molecule has 1 fully saturated rings. The maximum absolute atomic E-state index is 9.24. The molecule has 1 unspecified atom stereocenters. The fraction of sp³-hybridized carbons (Fsp3) is 0.385. The summed E-state index contributed by atoms with van der Waals surface area (Å²) in [5.41, 5.74) is 0.846. The molecule has 94 valence electrons. The molecule has 18 heavy (non-hydrogen) atoms. The van der Waals surface area contributed by atoms with Crippen LogP contribution in [0.1, 0.15) is 31.2 Å². The summed E-state index contributed by atoms with van der Waals surface area (Å²) in [7, 11) is 0. The Hall–Kier alpha value is -1.88. The van der Waals surface area contributed by atoms with Crippen molar-refractivity contribution in [3.05, 3.63) is 30.2 Å². The molecule has 2 aromatic rings. The van der Waals surface area contributed by atoms with Crippen molar-refractivity contribution in [2.45, 2.75) is 25.3 Å². The average molecular weight is 245 g/mol. The van der Waals surface area contributed by atoms with Crippen LogP contribution < -0.4 is 5.32 Å². The third kappa shape index (κ3) is 2.22. The number of phenols is 1.